The normalized spacial score (nSPS) is 11.2. The van der Waals surface area contributed by atoms with Gasteiger partial charge in [0.1, 0.15) is 0 Å². The van der Waals surface area contributed by atoms with Gasteiger partial charge in [0, 0.05) is 0 Å². The molecule has 0 radical (unpaired) electrons. The van der Waals surface area contributed by atoms with Gasteiger partial charge in [-0.1, -0.05) is 142 Å². The minimum atomic E-state index is 0. The maximum atomic E-state index is 3.30. The summed E-state index contributed by atoms with van der Waals surface area (Å²) in [4.78, 5) is 0. The maximum absolute atomic E-state index is 3.30. The molecule has 0 atom stereocenters. The Labute approximate surface area is 413 Å². The van der Waals surface area contributed by atoms with Crippen molar-refractivity contribution in [1.82, 2.24) is 0 Å². The van der Waals surface area contributed by atoms with Crippen molar-refractivity contribution < 1.29 is 71.5 Å². The van der Waals surface area contributed by atoms with E-state index in [9.17, 15) is 0 Å². The fourth-order valence-corrected chi connectivity index (χ4v) is 7.99. The largest absolute Gasteiger partial charge is 1.00 e. The number of hydrogen-bond acceptors (Lipinski definition) is 0. The summed E-state index contributed by atoms with van der Waals surface area (Å²) in [6, 6.07) is 72.4. The summed E-state index contributed by atoms with van der Waals surface area (Å²) in [5.74, 6) is 0. The summed E-state index contributed by atoms with van der Waals surface area (Å²) in [7, 11) is 0. The van der Waals surface area contributed by atoms with Crippen molar-refractivity contribution in [2.75, 3.05) is 0 Å². The van der Waals surface area contributed by atoms with Gasteiger partial charge in [0.05, 0.1) is 0 Å². The van der Waals surface area contributed by atoms with Crippen LogP contribution in [-0.4, -0.2) is 10.9 Å². The number of benzene rings is 8. The molecule has 0 aliphatic heterocycles. The van der Waals surface area contributed by atoms with E-state index in [1.807, 2.05) is 24.3 Å². The van der Waals surface area contributed by atoms with Crippen LogP contribution in [0, 0.1) is 24.3 Å². The van der Waals surface area contributed by atoms with E-state index in [0.717, 1.165) is 25.7 Å². The summed E-state index contributed by atoms with van der Waals surface area (Å²) in [5.41, 5.74) is 22.5. The summed E-state index contributed by atoms with van der Waals surface area (Å²) >= 11 is 3.48. The molecule has 62 heavy (non-hydrogen) atoms. The minimum absolute atomic E-state index is 0. The van der Waals surface area contributed by atoms with Crippen LogP contribution in [0.2, 0.25) is 26.2 Å². The van der Waals surface area contributed by atoms with Gasteiger partial charge < -0.3 is 24.8 Å². The first-order valence-corrected chi connectivity index (χ1v) is 33.0. The van der Waals surface area contributed by atoms with Crippen LogP contribution in [-0.2, 0) is 72.4 Å². The second kappa shape index (κ2) is 24.6. The van der Waals surface area contributed by atoms with E-state index in [1.165, 1.54) is 89.0 Å². The fourth-order valence-electron chi connectivity index (χ4n) is 7.99. The number of hydrogen-bond donors (Lipinski definition) is 0. The van der Waals surface area contributed by atoms with Gasteiger partial charge in [-0.15, -0.1) is 22.3 Å². The Bertz CT molecular complexity index is 2230. The molecule has 0 saturated carbocycles. The molecule has 4 aliphatic carbocycles. The van der Waals surface area contributed by atoms with Crippen molar-refractivity contribution in [3.05, 3.63) is 239 Å². The van der Waals surface area contributed by atoms with Crippen LogP contribution in [0.3, 0.4) is 0 Å². The smallest absolute Gasteiger partial charge is 0.0253 e. The molecule has 6 heteroatoms. The van der Waals surface area contributed by atoms with E-state index < -0.39 is 0 Å². The monoisotopic (exact) mass is 1030 g/mol. The van der Waals surface area contributed by atoms with Crippen molar-refractivity contribution in [2.45, 2.75) is 51.9 Å². The Morgan fingerprint density at radius 2 is 0.484 bits per heavy atom. The molecule has 4 aliphatic rings. The standard InChI is InChI=1S/4C13H9.2C2H6Si.2ClH.2Zr/c4*1-3-7-12-10(5-1)9-11-6-2-4-8-13(11)12;2*1-3-2;;;;/h4*1-5,7-8H,9H2;2*1-2H3;2*1H;;/q4*-1;;;;;2*+2/p-2. The fraction of sp³-hybridized carbons (Fsp3) is 0.143. The van der Waals surface area contributed by atoms with Gasteiger partial charge in [0.2, 0.25) is 0 Å². The first-order valence-electron chi connectivity index (χ1n) is 20.6. The third-order valence-electron chi connectivity index (χ3n) is 10.5. The molecule has 304 valence electrons. The topological polar surface area (TPSA) is 0 Å². The zero-order chi connectivity index (χ0) is 41.8. The van der Waals surface area contributed by atoms with Gasteiger partial charge >= 0.3 is 83.7 Å². The minimum Gasteiger partial charge on any atom is -1.00 e. The molecule has 0 unspecified atom stereocenters. The Kier molecular flexibility index (Phi) is 19.6. The molecular weight excluding hydrogens is 982 g/mol. The van der Waals surface area contributed by atoms with E-state index in [-0.39, 0.29) is 35.7 Å². The molecule has 0 amide bonds. The zero-order valence-corrected chi connectivity index (χ0v) is 44.2. The molecule has 0 heterocycles. The first kappa shape index (κ1) is 49.6. The van der Waals surface area contributed by atoms with Gasteiger partial charge in [-0.25, -0.2) is 0 Å². The van der Waals surface area contributed by atoms with E-state index in [2.05, 4.69) is 196 Å². The van der Waals surface area contributed by atoms with E-state index in [1.54, 1.807) is 46.7 Å². The SMILES string of the molecule is C[Si](C)=[Zr+2].C[Si](C)=[Zr+2].[Cl-].[Cl-].[c-]1cccc2c1Cc1ccccc1-2.[c-]1cccc2c1Cc1ccccc1-2.[c-]1cccc2c1Cc1ccccc1-2.[c-]1cccc2c1Cc1ccccc1-2. The summed E-state index contributed by atoms with van der Waals surface area (Å²) in [5, 5.41) is 0. The second-order valence-electron chi connectivity index (χ2n) is 15.6. The van der Waals surface area contributed by atoms with E-state index >= 15 is 0 Å². The number of halogens is 2. The summed E-state index contributed by atoms with van der Waals surface area (Å²) < 4.78 is 0. The van der Waals surface area contributed by atoms with Crippen LogP contribution >= 0.6 is 0 Å². The molecule has 8 aromatic carbocycles. The predicted octanol–water partition coefficient (Wildman–Crippen LogP) is 7.81. The Hall–Kier alpha value is -3.46. The van der Waals surface area contributed by atoms with Crippen molar-refractivity contribution in [1.29, 1.82) is 0 Å². The average Bonchev–Trinajstić information content (AvgIpc) is 4.04. The van der Waals surface area contributed by atoms with Gasteiger partial charge in [-0.3, -0.25) is 0 Å². The van der Waals surface area contributed by atoms with Gasteiger partial charge in [-0.05, 0) is 25.7 Å². The third kappa shape index (κ3) is 12.8. The van der Waals surface area contributed by atoms with Crippen molar-refractivity contribution >= 4 is 10.9 Å². The molecule has 0 nitrogen and oxygen atoms in total. The first-order chi connectivity index (χ1) is 29.3. The summed E-state index contributed by atoms with van der Waals surface area (Å²) in [6.07, 6.45) is 4.19. The van der Waals surface area contributed by atoms with Crippen molar-refractivity contribution in [2.24, 2.45) is 0 Å². The van der Waals surface area contributed by atoms with Gasteiger partial charge in [0.15, 0.2) is 0 Å². The van der Waals surface area contributed by atoms with Gasteiger partial charge in [-0.2, -0.15) is 119 Å². The Morgan fingerprint density at radius 1 is 0.306 bits per heavy atom. The Morgan fingerprint density at radius 3 is 0.694 bits per heavy atom. The van der Waals surface area contributed by atoms with Crippen molar-refractivity contribution in [3.8, 4) is 44.5 Å². The molecule has 12 rings (SSSR count). The molecule has 8 aromatic rings. The quantitative estimate of drug-likeness (QED) is 0.108. The molecule has 0 fully saturated rings. The van der Waals surface area contributed by atoms with E-state index in [4.69, 9.17) is 0 Å². The molecule has 0 spiro atoms. The molecular formula is C56H48Cl2Si2Zr2-2. The molecule has 0 bridgehead atoms. The number of fused-ring (bicyclic) bond motifs is 12. The van der Waals surface area contributed by atoms with Crippen LogP contribution in [0.15, 0.2) is 170 Å². The second-order valence-corrected chi connectivity index (χ2v) is 34.3. The zero-order valence-electron chi connectivity index (χ0n) is 35.8. The molecule has 0 N–H and O–H groups in total. The third-order valence-corrected chi connectivity index (χ3v) is 10.5. The molecule has 0 aromatic heterocycles. The van der Waals surface area contributed by atoms with Gasteiger partial charge in [0.25, 0.3) is 0 Å². The average molecular weight is 1030 g/mol. The van der Waals surface area contributed by atoms with Crippen LogP contribution in [0.5, 0.6) is 0 Å². The number of rotatable bonds is 0. The maximum Gasteiger partial charge on any atom is -0.0253 e. The van der Waals surface area contributed by atoms with Crippen LogP contribution in [0.1, 0.15) is 44.5 Å². The summed E-state index contributed by atoms with van der Waals surface area (Å²) in [6.45, 7) is 9.23. The Balaban J connectivity index is 0.000000146. The van der Waals surface area contributed by atoms with E-state index in [0.29, 0.717) is 0 Å². The predicted molar refractivity (Wildman–Crippen MR) is 249 cm³/mol. The van der Waals surface area contributed by atoms with Crippen LogP contribution < -0.4 is 24.8 Å². The van der Waals surface area contributed by atoms with Crippen LogP contribution in [0.4, 0.5) is 0 Å². The van der Waals surface area contributed by atoms with Crippen molar-refractivity contribution in [3.63, 3.8) is 0 Å². The molecule has 0 saturated heterocycles. The van der Waals surface area contributed by atoms with Crippen LogP contribution in [0.25, 0.3) is 44.5 Å².